The largest absolute Gasteiger partial charge is 0.497 e. The molecule has 45 heavy (non-hydrogen) atoms. The van der Waals surface area contributed by atoms with E-state index in [1.165, 1.54) is 13.2 Å². The summed E-state index contributed by atoms with van der Waals surface area (Å²) in [7, 11) is 4.65. The number of carbonyl (C=O) groups is 1. The van der Waals surface area contributed by atoms with Crippen molar-refractivity contribution in [3.05, 3.63) is 59.9 Å². The molecule has 236 valence electrons. The van der Waals surface area contributed by atoms with Crippen molar-refractivity contribution in [2.45, 2.75) is 51.6 Å². The Bertz CT molecular complexity index is 1840. The van der Waals surface area contributed by atoms with Gasteiger partial charge in [-0.3, -0.25) is 4.68 Å². The summed E-state index contributed by atoms with van der Waals surface area (Å²) in [6, 6.07) is 8.60. The molecule has 4 heterocycles. The number of piperidine rings is 1. The van der Waals surface area contributed by atoms with Crippen LogP contribution in [0.5, 0.6) is 17.2 Å². The summed E-state index contributed by atoms with van der Waals surface area (Å²) in [5.74, 6) is 2.34. The zero-order chi connectivity index (χ0) is 31.5. The fourth-order valence-corrected chi connectivity index (χ4v) is 5.79. The zero-order valence-electron chi connectivity index (χ0n) is 25.9. The van der Waals surface area contributed by atoms with Gasteiger partial charge in [0.25, 0.3) is 0 Å². The molecule has 0 saturated carbocycles. The molecule has 6 rings (SSSR count). The normalized spacial score (nSPS) is 15.0. The molecule has 0 bridgehead atoms. The highest BCUT2D eigenvalue weighted by atomic mass is 19.1. The van der Waals surface area contributed by atoms with Gasteiger partial charge in [0.2, 0.25) is 5.95 Å². The summed E-state index contributed by atoms with van der Waals surface area (Å²) >= 11 is 0. The topological polar surface area (TPSA) is 121 Å². The van der Waals surface area contributed by atoms with Crippen molar-refractivity contribution in [1.29, 1.82) is 0 Å². The quantitative estimate of drug-likeness (QED) is 0.205. The van der Waals surface area contributed by atoms with E-state index < -0.39 is 5.82 Å². The lowest BCUT2D eigenvalue weighted by Gasteiger charge is -2.32. The van der Waals surface area contributed by atoms with E-state index in [0.717, 1.165) is 43.6 Å². The van der Waals surface area contributed by atoms with Crippen molar-refractivity contribution in [2.75, 3.05) is 44.6 Å². The van der Waals surface area contributed by atoms with Crippen molar-refractivity contribution in [3.8, 4) is 17.2 Å². The van der Waals surface area contributed by atoms with Gasteiger partial charge in [0, 0.05) is 67.8 Å². The first-order valence-corrected chi connectivity index (χ1v) is 15.0. The Labute approximate surface area is 260 Å². The Morgan fingerprint density at radius 2 is 1.93 bits per heavy atom. The first-order valence-electron chi connectivity index (χ1n) is 15.0. The standard InChI is InChI=1S/C32H37FN8O4/c1-20(42)7-5-12-40-19-23(17-35-40)39-11-6-8-22(18-39)30-37-31-25-14-26(33)29(45-4)15-27(25)36-32(41(31)38-30)34-16-21-9-10-24(43-2)13-28(21)44-3/h9-10,13-15,17,19,22H,5-8,11-12,16,18H2,1-4H3,(H,34,36)/t22-/m1/s1. The van der Waals surface area contributed by atoms with E-state index in [-0.39, 0.29) is 17.5 Å². The fourth-order valence-electron chi connectivity index (χ4n) is 5.79. The number of ketones is 1. The number of Topliss-reactive ketones (excluding diaryl/α,β-unsaturated/α-hetero) is 1. The molecule has 3 aromatic heterocycles. The van der Waals surface area contributed by atoms with Crippen LogP contribution >= 0.6 is 0 Å². The number of aromatic nitrogens is 6. The molecule has 1 aliphatic rings. The summed E-state index contributed by atoms with van der Waals surface area (Å²) in [6.45, 7) is 4.32. The van der Waals surface area contributed by atoms with E-state index in [2.05, 4.69) is 15.3 Å². The number of anilines is 2. The number of halogens is 1. The van der Waals surface area contributed by atoms with Crippen LogP contribution in [0.3, 0.4) is 0 Å². The van der Waals surface area contributed by atoms with Gasteiger partial charge in [0.1, 0.15) is 17.3 Å². The van der Waals surface area contributed by atoms with Crippen LogP contribution in [0.4, 0.5) is 16.0 Å². The minimum absolute atomic E-state index is 0.0485. The van der Waals surface area contributed by atoms with Crippen molar-refractivity contribution >= 4 is 34.0 Å². The molecule has 1 atom stereocenters. The average molecular weight is 617 g/mol. The number of hydrogen-bond acceptors (Lipinski definition) is 10. The molecule has 1 fully saturated rings. The van der Waals surface area contributed by atoms with E-state index >= 15 is 0 Å². The highest BCUT2D eigenvalue weighted by Crippen LogP contribution is 2.32. The Hall–Kier alpha value is -4.94. The monoisotopic (exact) mass is 616 g/mol. The lowest BCUT2D eigenvalue weighted by atomic mass is 9.97. The van der Waals surface area contributed by atoms with Gasteiger partial charge >= 0.3 is 0 Å². The van der Waals surface area contributed by atoms with E-state index in [1.807, 2.05) is 35.3 Å². The van der Waals surface area contributed by atoms with Crippen LogP contribution in [0.25, 0.3) is 16.6 Å². The first-order chi connectivity index (χ1) is 21.9. The number of rotatable bonds is 12. The van der Waals surface area contributed by atoms with Crippen LogP contribution in [-0.4, -0.2) is 69.6 Å². The van der Waals surface area contributed by atoms with Gasteiger partial charge in [-0.15, -0.1) is 5.10 Å². The molecule has 1 N–H and O–H groups in total. The predicted octanol–water partition coefficient (Wildman–Crippen LogP) is 5.00. The van der Waals surface area contributed by atoms with Gasteiger partial charge in [-0.2, -0.15) is 9.61 Å². The molecular formula is C32H37FN8O4. The van der Waals surface area contributed by atoms with E-state index in [1.54, 1.807) is 31.7 Å². The molecule has 13 heteroatoms. The summed E-state index contributed by atoms with van der Waals surface area (Å²) in [6.07, 6.45) is 7.09. The van der Waals surface area contributed by atoms with Crippen LogP contribution in [0.1, 0.15) is 49.9 Å². The average Bonchev–Trinajstić information content (AvgIpc) is 3.72. The predicted molar refractivity (Wildman–Crippen MR) is 168 cm³/mol. The lowest BCUT2D eigenvalue weighted by molar-refractivity contribution is -0.117. The summed E-state index contributed by atoms with van der Waals surface area (Å²) in [5, 5.41) is 13.4. The second kappa shape index (κ2) is 13.0. The fraction of sp³-hybridized carbons (Fsp3) is 0.406. The van der Waals surface area contributed by atoms with Crippen LogP contribution < -0.4 is 24.4 Å². The molecule has 0 aliphatic carbocycles. The molecule has 1 saturated heterocycles. The van der Waals surface area contributed by atoms with Gasteiger partial charge in [-0.25, -0.2) is 14.4 Å². The van der Waals surface area contributed by atoms with Crippen molar-refractivity contribution in [2.24, 2.45) is 0 Å². The maximum Gasteiger partial charge on any atom is 0.226 e. The second-order valence-corrected chi connectivity index (χ2v) is 11.2. The highest BCUT2D eigenvalue weighted by molar-refractivity contribution is 5.93. The molecular weight excluding hydrogens is 579 g/mol. The van der Waals surface area contributed by atoms with Gasteiger partial charge in [-0.05, 0) is 44.4 Å². The maximum absolute atomic E-state index is 14.9. The van der Waals surface area contributed by atoms with E-state index in [0.29, 0.717) is 59.3 Å². The highest BCUT2D eigenvalue weighted by Gasteiger charge is 2.27. The van der Waals surface area contributed by atoms with Crippen LogP contribution in [0.2, 0.25) is 0 Å². The third-order valence-electron chi connectivity index (χ3n) is 8.18. The van der Waals surface area contributed by atoms with Gasteiger partial charge in [-0.1, -0.05) is 0 Å². The van der Waals surface area contributed by atoms with E-state index in [4.69, 9.17) is 29.3 Å². The number of nitrogens with zero attached hydrogens (tertiary/aromatic N) is 7. The maximum atomic E-state index is 14.9. The molecule has 0 amide bonds. The molecule has 0 spiro atoms. The molecule has 0 unspecified atom stereocenters. The van der Waals surface area contributed by atoms with Crippen LogP contribution in [0.15, 0.2) is 42.7 Å². The summed E-state index contributed by atoms with van der Waals surface area (Å²) in [4.78, 5) is 23.4. The Kier molecular flexibility index (Phi) is 8.67. The lowest BCUT2D eigenvalue weighted by Crippen LogP contribution is -2.34. The van der Waals surface area contributed by atoms with Crippen molar-refractivity contribution in [3.63, 3.8) is 0 Å². The number of fused-ring (bicyclic) bond motifs is 3. The number of methoxy groups -OCH3 is 3. The number of benzene rings is 2. The van der Waals surface area contributed by atoms with Gasteiger partial charge < -0.3 is 29.2 Å². The minimum Gasteiger partial charge on any atom is -0.497 e. The minimum atomic E-state index is -0.494. The number of carbonyl (C=O) groups excluding carboxylic acids is 1. The third-order valence-corrected chi connectivity index (χ3v) is 8.18. The smallest absolute Gasteiger partial charge is 0.226 e. The third kappa shape index (κ3) is 6.33. The number of hydrogen-bond donors (Lipinski definition) is 1. The Morgan fingerprint density at radius 3 is 2.71 bits per heavy atom. The Morgan fingerprint density at radius 1 is 1.09 bits per heavy atom. The first kappa shape index (κ1) is 30.1. The molecule has 12 nitrogen and oxygen atoms in total. The summed E-state index contributed by atoms with van der Waals surface area (Å²) < 4.78 is 34.6. The van der Waals surface area contributed by atoms with Gasteiger partial charge in [0.05, 0.1) is 38.7 Å². The van der Waals surface area contributed by atoms with Crippen LogP contribution in [-0.2, 0) is 17.9 Å². The molecule has 2 aromatic carbocycles. The number of aryl methyl sites for hydroxylation is 1. The Balaban J connectivity index is 1.31. The molecule has 1 aliphatic heterocycles. The SMILES string of the molecule is COc1ccc(CNc2nc3cc(OC)c(F)cc3c3nc([C@@H]4CCCN(c5cnn(CCCC(C)=O)c5)C4)nn23)c(OC)c1. The van der Waals surface area contributed by atoms with Crippen LogP contribution in [0, 0.1) is 5.82 Å². The number of nitrogens with one attached hydrogen (secondary N) is 1. The zero-order valence-corrected chi connectivity index (χ0v) is 25.9. The second-order valence-electron chi connectivity index (χ2n) is 11.2. The number of ether oxygens (including phenoxy) is 3. The van der Waals surface area contributed by atoms with Gasteiger partial charge in [0.15, 0.2) is 23.0 Å². The summed E-state index contributed by atoms with van der Waals surface area (Å²) in [5.41, 5.74) is 2.97. The van der Waals surface area contributed by atoms with Crippen molar-refractivity contribution in [1.82, 2.24) is 29.4 Å². The van der Waals surface area contributed by atoms with Crippen molar-refractivity contribution < 1.29 is 23.4 Å². The van der Waals surface area contributed by atoms with E-state index in [9.17, 15) is 9.18 Å². The molecule has 5 aromatic rings. The molecule has 0 radical (unpaired) electrons.